The molecule has 0 aliphatic heterocycles. The largest absolute Gasteiger partial charge is 0.507 e. The molecule has 0 radical (unpaired) electrons. The van der Waals surface area contributed by atoms with Gasteiger partial charge in [0, 0.05) is 16.9 Å². The minimum absolute atomic E-state index is 0.00894. The molecule has 3 aliphatic rings. The van der Waals surface area contributed by atoms with Crippen LogP contribution in [0.15, 0.2) is 30.3 Å². The van der Waals surface area contributed by atoms with Crippen molar-refractivity contribution in [2.45, 2.75) is 85.7 Å². The lowest BCUT2D eigenvalue weighted by Crippen LogP contribution is -2.76. The second-order valence-electron chi connectivity index (χ2n) is 14.7. The zero-order valence-electron chi connectivity index (χ0n) is 27.1. The predicted octanol–water partition coefficient (Wildman–Crippen LogP) is 4.98. The molecule has 2 fully saturated rings. The molecule has 5 rings (SSSR count). The lowest BCUT2D eigenvalue weighted by atomic mass is 9.39. The summed E-state index contributed by atoms with van der Waals surface area (Å²) in [6.07, 6.45) is 6.76. The zero-order chi connectivity index (χ0) is 33.4. The summed E-state index contributed by atoms with van der Waals surface area (Å²) in [6.45, 7) is 12.1. The van der Waals surface area contributed by atoms with Crippen LogP contribution in [0.2, 0.25) is 0 Å². The first kappa shape index (κ1) is 32.5. The fraction of sp³-hybridized carbons (Fsp3) is 0.500. The first-order valence-corrected chi connectivity index (χ1v) is 15.8. The molecule has 7 nitrogen and oxygen atoms in total. The third-order valence-electron chi connectivity index (χ3n) is 10.9. The number of phenolic OH excluding ortho intramolecular Hbond substituents is 1. The van der Waals surface area contributed by atoms with Gasteiger partial charge in [-0.1, -0.05) is 65.7 Å². The first-order valence-electron chi connectivity index (χ1n) is 15.8. The predicted molar refractivity (Wildman–Crippen MR) is 169 cm³/mol. The van der Waals surface area contributed by atoms with E-state index < -0.39 is 63.1 Å². The number of fused-ring (bicyclic) bond motifs is 3. The minimum Gasteiger partial charge on any atom is -0.507 e. The van der Waals surface area contributed by atoms with E-state index in [1.165, 1.54) is 0 Å². The van der Waals surface area contributed by atoms with Gasteiger partial charge in [0.2, 0.25) is 0 Å². The molecule has 0 spiro atoms. The van der Waals surface area contributed by atoms with Crippen molar-refractivity contribution in [2.75, 3.05) is 0 Å². The van der Waals surface area contributed by atoms with Crippen LogP contribution in [-0.2, 0) is 38.4 Å². The van der Waals surface area contributed by atoms with Crippen LogP contribution in [0.3, 0.4) is 0 Å². The van der Waals surface area contributed by atoms with Crippen LogP contribution in [0.4, 0.5) is 0 Å². The van der Waals surface area contributed by atoms with E-state index in [4.69, 9.17) is 6.42 Å². The number of ketones is 5. The van der Waals surface area contributed by atoms with E-state index in [0.717, 1.165) is 23.6 Å². The molecule has 0 bridgehead atoms. The van der Waals surface area contributed by atoms with Crippen LogP contribution in [0.25, 0.3) is 0 Å². The van der Waals surface area contributed by atoms with Gasteiger partial charge in [-0.15, -0.1) is 6.42 Å². The van der Waals surface area contributed by atoms with Gasteiger partial charge in [-0.3, -0.25) is 24.0 Å². The average molecular weight is 611 g/mol. The molecule has 0 saturated heterocycles. The van der Waals surface area contributed by atoms with Crippen molar-refractivity contribution >= 4 is 28.9 Å². The molecule has 6 atom stereocenters. The lowest BCUT2D eigenvalue weighted by Gasteiger charge is -2.62. The smallest absolute Gasteiger partial charge is 0.190 e. The normalized spacial score (nSPS) is 31.0. The Hall–Kier alpha value is -3.89. The number of aryl methyl sites for hydroxylation is 2. The molecular formula is C38H42O7. The molecule has 0 aromatic heterocycles. The SMILES string of the molecule is C#Cc1ccc(CCc2cc(C(C)C)c3c(c2O)C(=O)C2C(=O)[C@@]4(O)C(=O)C(C(C)=O)C(=O)C(C(C)C)[C@@]4(C)C[C@@]2(C)C3)cc1. The summed E-state index contributed by atoms with van der Waals surface area (Å²) in [4.78, 5) is 69.3. The van der Waals surface area contributed by atoms with Crippen molar-refractivity contribution in [2.24, 2.45) is 34.5 Å². The fourth-order valence-electron chi connectivity index (χ4n) is 9.04. The molecule has 7 heteroatoms. The van der Waals surface area contributed by atoms with Crippen molar-refractivity contribution in [1.29, 1.82) is 0 Å². The third-order valence-corrected chi connectivity index (χ3v) is 10.9. The number of phenols is 1. The highest BCUT2D eigenvalue weighted by Crippen LogP contribution is 2.64. The van der Waals surface area contributed by atoms with Crippen LogP contribution < -0.4 is 0 Å². The number of carbonyl (C=O) groups is 5. The molecule has 0 heterocycles. The highest BCUT2D eigenvalue weighted by Gasteiger charge is 2.76. The number of benzene rings is 2. The van der Waals surface area contributed by atoms with Crippen LogP contribution in [0.1, 0.15) is 99.0 Å². The van der Waals surface area contributed by atoms with Crippen molar-refractivity contribution in [3.63, 3.8) is 0 Å². The molecule has 2 N–H and O–H groups in total. The van der Waals surface area contributed by atoms with E-state index in [-0.39, 0.29) is 36.0 Å². The lowest BCUT2D eigenvalue weighted by molar-refractivity contribution is -0.205. The van der Waals surface area contributed by atoms with Crippen molar-refractivity contribution in [3.05, 3.63) is 63.7 Å². The highest BCUT2D eigenvalue weighted by molar-refractivity contribution is 6.32. The Morgan fingerprint density at radius 2 is 1.64 bits per heavy atom. The molecule has 0 amide bonds. The maximum atomic E-state index is 14.6. The minimum atomic E-state index is -2.71. The van der Waals surface area contributed by atoms with Gasteiger partial charge < -0.3 is 10.2 Å². The summed E-state index contributed by atoms with van der Waals surface area (Å²) in [5.41, 5.74) is -1.34. The summed E-state index contributed by atoms with van der Waals surface area (Å²) in [5.74, 6) is -6.21. The molecule has 2 aromatic carbocycles. The molecule has 3 aliphatic carbocycles. The quantitative estimate of drug-likeness (QED) is 0.349. The number of carbonyl (C=O) groups excluding carboxylic acids is 5. The number of aliphatic hydroxyl groups is 1. The van der Waals surface area contributed by atoms with Crippen molar-refractivity contribution in [3.8, 4) is 18.1 Å². The number of aromatic hydroxyl groups is 1. The topological polar surface area (TPSA) is 126 Å². The molecule has 2 saturated carbocycles. The molecule has 3 unspecified atom stereocenters. The molecule has 236 valence electrons. The van der Waals surface area contributed by atoms with Crippen LogP contribution >= 0.6 is 0 Å². The summed E-state index contributed by atoms with van der Waals surface area (Å²) < 4.78 is 0. The molecule has 2 aromatic rings. The Morgan fingerprint density at radius 1 is 1.02 bits per heavy atom. The van der Waals surface area contributed by atoms with Crippen molar-refractivity contribution in [1.82, 2.24) is 0 Å². The number of hydrogen-bond donors (Lipinski definition) is 2. The maximum Gasteiger partial charge on any atom is 0.190 e. The third kappa shape index (κ3) is 4.55. The van der Waals surface area contributed by atoms with E-state index in [1.807, 2.05) is 44.2 Å². The van der Waals surface area contributed by atoms with Gasteiger partial charge in [0.25, 0.3) is 0 Å². The van der Waals surface area contributed by atoms with Gasteiger partial charge in [-0.05, 0) is 84.2 Å². The van der Waals surface area contributed by atoms with Gasteiger partial charge in [-0.25, -0.2) is 0 Å². The van der Waals surface area contributed by atoms with E-state index in [2.05, 4.69) is 5.92 Å². The van der Waals surface area contributed by atoms with Gasteiger partial charge in [0.05, 0.1) is 11.5 Å². The number of rotatable bonds is 6. The molecule has 45 heavy (non-hydrogen) atoms. The van der Waals surface area contributed by atoms with E-state index >= 15 is 0 Å². The second kappa shape index (κ2) is 10.9. The summed E-state index contributed by atoms with van der Waals surface area (Å²) >= 11 is 0. The Balaban J connectivity index is 1.65. The van der Waals surface area contributed by atoms with E-state index in [9.17, 15) is 34.2 Å². The standard InChI is InChI=1S/C38H42O7/c1-9-22-10-12-23(13-11-22)14-15-24-16-25(19(2)3)26-17-36(7)18-37(8)29(20(4)5)32(41)27(21(6)39)34(43)38(37,45)35(44)30(36)33(42)28(26)31(24)40/h1,10-13,16,19-20,27,29-30,40,45H,14-15,17-18H2,2-8H3/t27?,29?,30?,36-,37-,38+/m1/s1. The van der Waals surface area contributed by atoms with Crippen LogP contribution in [0, 0.1) is 46.8 Å². The van der Waals surface area contributed by atoms with Gasteiger partial charge in [0.1, 0.15) is 17.5 Å². The Morgan fingerprint density at radius 3 is 2.18 bits per heavy atom. The van der Waals surface area contributed by atoms with E-state index in [0.29, 0.717) is 24.0 Å². The number of terminal acetylenes is 1. The fourth-order valence-corrected chi connectivity index (χ4v) is 9.04. The second-order valence-corrected chi connectivity index (χ2v) is 14.7. The van der Waals surface area contributed by atoms with Gasteiger partial charge in [0.15, 0.2) is 28.7 Å². The average Bonchev–Trinajstić information content (AvgIpc) is 2.94. The van der Waals surface area contributed by atoms with Gasteiger partial charge >= 0.3 is 0 Å². The zero-order valence-corrected chi connectivity index (χ0v) is 27.1. The molecular weight excluding hydrogens is 568 g/mol. The first-order chi connectivity index (χ1) is 20.9. The van der Waals surface area contributed by atoms with Crippen LogP contribution in [0.5, 0.6) is 5.75 Å². The Bertz CT molecular complexity index is 1690. The number of Topliss-reactive ketones (excluding diaryl/α,β-unsaturated/α-hetero) is 5. The monoisotopic (exact) mass is 610 g/mol. The highest BCUT2D eigenvalue weighted by atomic mass is 16.3. The van der Waals surface area contributed by atoms with Gasteiger partial charge in [-0.2, -0.15) is 0 Å². The summed E-state index contributed by atoms with van der Waals surface area (Å²) in [5, 5.41) is 23.9. The van der Waals surface area contributed by atoms with Crippen LogP contribution in [-0.4, -0.2) is 44.7 Å². The Labute approximate surface area is 264 Å². The maximum absolute atomic E-state index is 14.6. The number of hydrogen-bond acceptors (Lipinski definition) is 7. The summed E-state index contributed by atoms with van der Waals surface area (Å²) in [6, 6.07) is 9.48. The Kier molecular flexibility index (Phi) is 7.85. The van der Waals surface area contributed by atoms with Crippen molar-refractivity contribution < 1.29 is 34.2 Å². The summed E-state index contributed by atoms with van der Waals surface area (Å²) in [7, 11) is 0. The van der Waals surface area contributed by atoms with E-state index in [1.54, 1.807) is 27.7 Å².